The van der Waals surface area contributed by atoms with Crippen molar-refractivity contribution in [2.75, 3.05) is 16.4 Å². The summed E-state index contributed by atoms with van der Waals surface area (Å²) < 4.78 is 0. The number of nitro groups is 1. The first-order valence-corrected chi connectivity index (χ1v) is 10.3. The number of hydrogen-bond acceptors (Lipinski definition) is 6. The topological polar surface area (TPSA) is 144 Å². The van der Waals surface area contributed by atoms with Gasteiger partial charge < -0.3 is 16.4 Å². The predicted molar refractivity (Wildman–Crippen MR) is 122 cm³/mol. The SMILES string of the molecule is NC(=O)c1ccccc1NC(=O)CSc1ccc(NC(=O)c2cccc([N+](=O)[O-])c2)cc1. The molecule has 0 unspecified atom stereocenters. The average molecular weight is 450 g/mol. The van der Waals surface area contributed by atoms with Gasteiger partial charge >= 0.3 is 0 Å². The Labute approximate surface area is 187 Å². The molecule has 3 amide bonds. The van der Waals surface area contributed by atoms with Crippen LogP contribution in [-0.2, 0) is 4.79 Å². The average Bonchev–Trinajstić information content (AvgIpc) is 2.79. The summed E-state index contributed by atoms with van der Waals surface area (Å²) >= 11 is 1.28. The van der Waals surface area contributed by atoms with Crippen molar-refractivity contribution >= 4 is 46.5 Å². The molecule has 0 fully saturated rings. The number of thioether (sulfide) groups is 1. The molecule has 3 rings (SSSR count). The number of para-hydroxylation sites is 1. The van der Waals surface area contributed by atoms with Gasteiger partial charge in [-0.25, -0.2) is 0 Å². The minimum atomic E-state index is -0.628. The molecule has 0 aliphatic carbocycles. The highest BCUT2D eigenvalue weighted by molar-refractivity contribution is 8.00. The summed E-state index contributed by atoms with van der Waals surface area (Å²) in [4.78, 5) is 47.0. The number of rotatable bonds is 8. The van der Waals surface area contributed by atoms with Crippen molar-refractivity contribution in [1.29, 1.82) is 0 Å². The second-order valence-corrected chi connectivity index (χ2v) is 7.58. The van der Waals surface area contributed by atoms with Gasteiger partial charge in [-0.05, 0) is 42.5 Å². The maximum atomic E-state index is 12.3. The lowest BCUT2D eigenvalue weighted by Crippen LogP contribution is -2.19. The molecule has 0 bridgehead atoms. The van der Waals surface area contributed by atoms with Crippen LogP contribution >= 0.6 is 11.8 Å². The van der Waals surface area contributed by atoms with Gasteiger partial charge in [-0.15, -0.1) is 11.8 Å². The number of benzene rings is 3. The van der Waals surface area contributed by atoms with Crippen molar-refractivity contribution in [2.24, 2.45) is 5.73 Å². The Morgan fingerprint density at radius 2 is 1.66 bits per heavy atom. The Balaban J connectivity index is 1.55. The second kappa shape index (κ2) is 10.2. The maximum absolute atomic E-state index is 12.3. The molecule has 162 valence electrons. The number of non-ortho nitro benzene ring substituents is 1. The van der Waals surface area contributed by atoms with Crippen molar-refractivity contribution in [3.05, 3.63) is 94.0 Å². The molecular formula is C22H18N4O5S. The Morgan fingerprint density at radius 3 is 2.34 bits per heavy atom. The largest absolute Gasteiger partial charge is 0.366 e. The smallest absolute Gasteiger partial charge is 0.270 e. The Hall–Kier alpha value is -4.18. The molecule has 3 aromatic carbocycles. The first-order chi connectivity index (χ1) is 15.3. The molecule has 0 aliphatic heterocycles. The summed E-state index contributed by atoms with van der Waals surface area (Å²) in [7, 11) is 0. The van der Waals surface area contributed by atoms with E-state index >= 15 is 0 Å². The van der Waals surface area contributed by atoms with Gasteiger partial charge in [0.05, 0.1) is 21.9 Å². The van der Waals surface area contributed by atoms with Crippen LogP contribution in [0.1, 0.15) is 20.7 Å². The number of nitro benzene ring substituents is 1. The van der Waals surface area contributed by atoms with Gasteiger partial charge in [0.25, 0.3) is 17.5 Å². The quantitative estimate of drug-likeness (QED) is 0.271. The Bertz CT molecular complexity index is 1180. The molecule has 0 spiro atoms. The third-order valence-electron chi connectivity index (χ3n) is 4.27. The van der Waals surface area contributed by atoms with Crippen LogP contribution < -0.4 is 16.4 Å². The van der Waals surface area contributed by atoms with E-state index in [1.54, 1.807) is 42.5 Å². The number of carbonyl (C=O) groups excluding carboxylic acids is 3. The molecule has 4 N–H and O–H groups in total. The van der Waals surface area contributed by atoms with Gasteiger partial charge in [-0.1, -0.05) is 18.2 Å². The summed E-state index contributed by atoms with van der Waals surface area (Å²) in [6, 6.07) is 18.7. The van der Waals surface area contributed by atoms with Crippen LogP contribution in [0, 0.1) is 10.1 Å². The minimum Gasteiger partial charge on any atom is -0.366 e. The summed E-state index contributed by atoms with van der Waals surface area (Å²) in [5, 5.41) is 16.2. The van der Waals surface area contributed by atoms with E-state index in [-0.39, 0.29) is 28.5 Å². The van der Waals surface area contributed by atoms with E-state index in [0.717, 1.165) is 4.90 Å². The van der Waals surface area contributed by atoms with E-state index in [1.165, 1.54) is 42.1 Å². The zero-order valence-corrected chi connectivity index (χ0v) is 17.4. The normalized spacial score (nSPS) is 10.2. The van der Waals surface area contributed by atoms with Crippen LogP contribution in [0.5, 0.6) is 0 Å². The highest BCUT2D eigenvalue weighted by Gasteiger charge is 2.13. The van der Waals surface area contributed by atoms with Gasteiger partial charge in [0.2, 0.25) is 5.91 Å². The summed E-state index contributed by atoms with van der Waals surface area (Å²) in [5.41, 5.74) is 6.40. The van der Waals surface area contributed by atoms with E-state index in [9.17, 15) is 24.5 Å². The van der Waals surface area contributed by atoms with E-state index in [4.69, 9.17) is 5.73 Å². The van der Waals surface area contributed by atoms with Crippen LogP contribution in [0.3, 0.4) is 0 Å². The van der Waals surface area contributed by atoms with Crippen LogP contribution in [0.25, 0.3) is 0 Å². The molecule has 0 aliphatic rings. The van der Waals surface area contributed by atoms with Gasteiger partial charge in [0.15, 0.2) is 0 Å². The molecule has 3 aromatic rings. The highest BCUT2D eigenvalue weighted by Crippen LogP contribution is 2.22. The summed E-state index contributed by atoms with van der Waals surface area (Å²) in [6.45, 7) is 0. The molecule has 0 atom stereocenters. The lowest BCUT2D eigenvalue weighted by molar-refractivity contribution is -0.384. The summed E-state index contributed by atoms with van der Waals surface area (Å²) in [6.07, 6.45) is 0. The van der Waals surface area contributed by atoms with Crippen molar-refractivity contribution in [2.45, 2.75) is 4.90 Å². The van der Waals surface area contributed by atoms with Crippen LogP contribution in [0.15, 0.2) is 77.7 Å². The van der Waals surface area contributed by atoms with Gasteiger partial charge in [0, 0.05) is 28.3 Å². The van der Waals surface area contributed by atoms with Crippen LogP contribution in [0.4, 0.5) is 17.1 Å². The van der Waals surface area contributed by atoms with E-state index in [2.05, 4.69) is 10.6 Å². The molecule has 9 nitrogen and oxygen atoms in total. The lowest BCUT2D eigenvalue weighted by atomic mass is 10.1. The van der Waals surface area contributed by atoms with Crippen LogP contribution in [0.2, 0.25) is 0 Å². The minimum absolute atomic E-state index is 0.104. The number of primary amides is 1. The number of nitrogens with two attached hydrogens (primary N) is 1. The third kappa shape index (κ3) is 5.92. The summed E-state index contributed by atoms with van der Waals surface area (Å²) in [5.74, 6) is -1.29. The molecule has 0 saturated carbocycles. The number of nitrogens with zero attached hydrogens (tertiary/aromatic N) is 1. The molecule has 0 aromatic heterocycles. The predicted octanol–water partition coefficient (Wildman–Crippen LogP) is 3.68. The molecule has 32 heavy (non-hydrogen) atoms. The zero-order valence-electron chi connectivity index (χ0n) is 16.6. The number of nitrogens with one attached hydrogen (secondary N) is 2. The molecule has 10 heteroatoms. The zero-order chi connectivity index (χ0) is 23.1. The number of anilines is 2. The van der Waals surface area contributed by atoms with Crippen molar-refractivity contribution in [3.8, 4) is 0 Å². The van der Waals surface area contributed by atoms with Crippen LogP contribution in [-0.4, -0.2) is 28.4 Å². The first kappa shape index (κ1) is 22.5. The van der Waals surface area contributed by atoms with Gasteiger partial charge in [0.1, 0.15) is 0 Å². The fourth-order valence-corrected chi connectivity index (χ4v) is 3.44. The van der Waals surface area contributed by atoms with E-state index in [0.29, 0.717) is 11.4 Å². The fourth-order valence-electron chi connectivity index (χ4n) is 2.74. The molecular weight excluding hydrogens is 432 g/mol. The molecule has 0 heterocycles. The molecule has 0 saturated heterocycles. The van der Waals surface area contributed by atoms with Gasteiger partial charge in [-0.2, -0.15) is 0 Å². The van der Waals surface area contributed by atoms with E-state index < -0.39 is 16.7 Å². The number of amides is 3. The third-order valence-corrected chi connectivity index (χ3v) is 5.28. The van der Waals surface area contributed by atoms with Crippen molar-refractivity contribution in [1.82, 2.24) is 0 Å². The molecule has 0 radical (unpaired) electrons. The van der Waals surface area contributed by atoms with E-state index in [1.807, 2.05) is 0 Å². The Morgan fingerprint density at radius 1 is 0.938 bits per heavy atom. The first-order valence-electron chi connectivity index (χ1n) is 9.31. The number of hydrogen-bond donors (Lipinski definition) is 3. The second-order valence-electron chi connectivity index (χ2n) is 6.53. The van der Waals surface area contributed by atoms with Crippen molar-refractivity contribution in [3.63, 3.8) is 0 Å². The fraction of sp³-hybridized carbons (Fsp3) is 0.0455. The standard InChI is InChI=1S/C22H18N4O5S/c23-21(28)18-6-1-2-7-19(18)25-20(27)13-32-17-10-8-15(9-11-17)24-22(29)14-4-3-5-16(12-14)26(30)31/h1-12H,13H2,(H2,23,28)(H,24,29)(H,25,27). The van der Waals surface area contributed by atoms with Crippen molar-refractivity contribution < 1.29 is 19.3 Å². The maximum Gasteiger partial charge on any atom is 0.270 e. The van der Waals surface area contributed by atoms with Gasteiger partial charge in [-0.3, -0.25) is 24.5 Å². The number of carbonyl (C=O) groups is 3. The Kier molecular flexibility index (Phi) is 7.19. The monoisotopic (exact) mass is 450 g/mol. The lowest BCUT2D eigenvalue weighted by Gasteiger charge is -2.09. The highest BCUT2D eigenvalue weighted by atomic mass is 32.2.